The summed E-state index contributed by atoms with van der Waals surface area (Å²) in [6, 6.07) is 2.22. The van der Waals surface area contributed by atoms with Crippen LogP contribution in [-0.4, -0.2) is 49.1 Å². The number of hydrogen-bond acceptors (Lipinski definition) is 4. The maximum atomic E-state index is 12.5. The molecule has 2 heterocycles. The number of aryl methyl sites for hydroxylation is 3. The standard InChI is InChI=1S/C19H28N2O3S/c1-4-18(22)20-12-17-13-21(9-6-10-24-17)19(23)8-5-7-16-11-14(2)25-15(16)3/h4,11,17H,1,5-10,12-13H2,2-3H3,(H,20,22). The molecule has 1 aliphatic rings. The van der Waals surface area contributed by atoms with Gasteiger partial charge in [-0.25, -0.2) is 0 Å². The average Bonchev–Trinajstić information content (AvgIpc) is 2.78. The molecule has 1 aromatic rings. The van der Waals surface area contributed by atoms with Crippen LogP contribution >= 0.6 is 11.3 Å². The van der Waals surface area contributed by atoms with Crippen molar-refractivity contribution in [2.24, 2.45) is 0 Å². The molecule has 0 aromatic carbocycles. The quantitative estimate of drug-likeness (QED) is 0.757. The molecule has 2 rings (SSSR count). The molecule has 5 nitrogen and oxygen atoms in total. The Balaban J connectivity index is 1.79. The van der Waals surface area contributed by atoms with E-state index in [9.17, 15) is 9.59 Å². The molecular formula is C19H28N2O3S. The third kappa shape index (κ3) is 6.29. The Morgan fingerprint density at radius 2 is 2.28 bits per heavy atom. The molecule has 0 saturated carbocycles. The van der Waals surface area contributed by atoms with Crippen LogP contribution in [0.25, 0.3) is 0 Å². The number of thiophene rings is 1. The molecule has 1 aromatic heterocycles. The molecule has 25 heavy (non-hydrogen) atoms. The van der Waals surface area contributed by atoms with Crippen LogP contribution in [0.5, 0.6) is 0 Å². The molecule has 1 saturated heterocycles. The van der Waals surface area contributed by atoms with Crippen molar-refractivity contribution in [3.8, 4) is 0 Å². The first-order valence-electron chi connectivity index (χ1n) is 8.85. The molecular weight excluding hydrogens is 336 g/mol. The smallest absolute Gasteiger partial charge is 0.243 e. The highest BCUT2D eigenvalue weighted by Crippen LogP contribution is 2.22. The first kappa shape index (κ1) is 19.7. The van der Waals surface area contributed by atoms with Crippen molar-refractivity contribution in [3.05, 3.63) is 34.0 Å². The molecule has 6 heteroatoms. The lowest BCUT2D eigenvalue weighted by Gasteiger charge is -2.24. The Labute approximate surface area is 154 Å². The summed E-state index contributed by atoms with van der Waals surface area (Å²) in [5, 5.41) is 2.74. The number of carbonyl (C=O) groups excluding carboxylic acids is 2. The Hall–Kier alpha value is -1.66. The van der Waals surface area contributed by atoms with Crippen LogP contribution < -0.4 is 5.32 Å². The van der Waals surface area contributed by atoms with E-state index in [2.05, 4.69) is 31.8 Å². The zero-order valence-electron chi connectivity index (χ0n) is 15.2. The second-order valence-corrected chi connectivity index (χ2v) is 7.89. The summed E-state index contributed by atoms with van der Waals surface area (Å²) < 4.78 is 5.73. The Morgan fingerprint density at radius 3 is 2.96 bits per heavy atom. The van der Waals surface area contributed by atoms with Crippen LogP contribution in [0.15, 0.2) is 18.7 Å². The third-order valence-corrected chi connectivity index (χ3v) is 5.38. The summed E-state index contributed by atoms with van der Waals surface area (Å²) >= 11 is 1.82. The van der Waals surface area contributed by atoms with E-state index in [4.69, 9.17) is 4.74 Å². The largest absolute Gasteiger partial charge is 0.374 e. The van der Waals surface area contributed by atoms with Crippen molar-refractivity contribution in [1.82, 2.24) is 10.2 Å². The molecule has 1 aliphatic heterocycles. The molecule has 138 valence electrons. The van der Waals surface area contributed by atoms with Crippen LogP contribution in [0, 0.1) is 13.8 Å². The molecule has 1 fully saturated rings. The van der Waals surface area contributed by atoms with Crippen LogP contribution in [0.4, 0.5) is 0 Å². The summed E-state index contributed by atoms with van der Waals surface area (Å²) in [7, 11) is 0. The van der Waals surface area contributed by atoms with E-state index in [1.54, 1.807) is 0 Å². The molecule has 0 aliphatic carbocycles. The summed E-state index contributed by atoms with van der Waals surface area (Å²) in [6.45, 7) is 9.98. The zero-order chi connectivity index (χ0) is 18.2. The van der Waals surface area contributed by atoms with Crippen molar-refractivity contribution in [3.63, 3.8) is 0 Å². The van der Waals surface area contributed by atoms with Gasteiger partial charge in [-0.05, 0) is 50.8 Å². The fourth-order valence-electron chi connectivity index (χ4n) is 3.05. The monoisotopic (exact) mass is 364 g/mol. The summed E-state index contributed by atoms with van der Waals surface area (Å²) in [5.41, 5.74) is 1.36. The maximum Gasteiger partial charge on any atom is 0.243 e. The van der Waals surface area contributed by atoms with E-state index >= 15 is 0 Å². The van der Waals surface area contributed by atoms with Crippen molar-refractivity contribution in [2.45, 2.75) is 45.6 Å². The van der Waals surface area contributed by atoms with E-state index in [-0.39, 0.29) is 17.9 Å². The van der Waals surface area contributed by atoms with Gasteiger partial charge < -0.3 is 15.0 Å². The number of amides is 2. The first-order chi connectivity index (χ1) is 12.0. The summed E-state index contributed by atoms with van der Waals surface area (Å²) in [5.74, 6) is -0.0395. The Kier molecular flexibility index (Phi) is 7.65. The number of carbonyl (C=O) groups is 2. The molecule has 0 bridgehead atoms. The molecule has 0 spiro atoms. The number of hydrogen-bond donors (Lipinski definition) is 1. The van der Waals surface area contributed by atoms with Crippen LogP contribution in [0.2, 0.25) is 0 Å². The van der Waals surface area contributed by atoms with Gasteiger partial charge in [-0.2, -0.15) is 0 Å². The fourth-order valence-corrected chi connectivity index (χ4v) is 4.03. The van der Waals surface area contributed by atoms with Gasteiger partial charge >= 0.3 is 0 Å². The molecule has 1 N–H and O–H groups in total. The van der Waals surface area contributed by atoms with Gasteiger partial charge in [-0.1, -0.05) is 6.58 Å². The maximum absolute atomic E-state index is 12.5. The Morgan fingerprint density at radius 1 is 1.48 bits per heavy atom. The average molecular weight is 365 g/mol. The van der Waals surface area contributed by atoms with Gasteiger partial charge in [0, 0.05) is 42.4 Å². The number of ether oxygens (including phenoxy) is 1. The predicted octanol–water partition coefficient (Wildman–Crippen LogP) is 2.61. The van der Waals surface area contributed by atoms with Crippen molar-refractivity contribution >= 4 is 23.2 Å². The number of nitrogens with one attached hydrogen (secondary N) is 1. The highest BCUT2D eigenvalue weighted by molar-refractivity contribution is 7.12. The van der Waals surface area contributed by atoms with Gasteiger partial charge in [-0.3, -0.25) is 9.59 Å². The van der Waals surface area contributed by atoms with Crippen molar-refractivity contribution in [1.29, 1.82) is 0 Å². The summed E-state index contributed by atoms with van der Waals surface area (Å²) in [4.78, 5) is 28.4. The first-order valence-corrected chi connectivity index (χ1v) is 9.66. The summed E-state index contributed by atoms with van der Waals surface area (Å²) in [6.07, 6.45) is 4.29. The van der Waals surface area contributed by atoms with Crippen LogP contribution in [-0.2, 0) is 20.7 Å². The van der Waals surface area contributed by atoms with Crippen LogP contribution in [0.1, 0.15) is 34.6 Å². The minimum Gasteiger partial charge on any atom is -0.374 e. The van der Waals surface area contributed by atoms with Gasteiger partial charge in [0.2, 0.25) is 11.8 Å². The highest BCUT2D eigenvalue weighted by Gasteiger charge is 2.22. The fraction of sp³-hybridized carbons (Fsp3) is 0.579. The van der Waals surface area contributed by atoms with Gasteiger partial charge in [0.1, 0.15) is 0 Å². The van der Waals surface area contributed by atoms with Gasteiger partial charge in [-0.15, -0.1) is 11.3 Å². The Bertz CT molecular complexity index is 612. The number of rotatable bonds is 7. The second kappa shape index (κ2) is 9.73. The number of nitrogens with zero attached hydrogens (tertiary/aromatic N) is 1. The lowest BCUT2D eigenvalue weighted by atomic mass is 10.1. The van der Waals surface area contributed by atoms with Gasteiger partial charge in [0.25, 0.3) is 0 Å². The molecule has 2 amide bonds. The SMILES string of the molecule is C=CC(=O)NCC1CN(C(=O)CCCc2cc(C)sc2C)CCCO1. The van der Waals surface area contributed by atoms with E-state index < -0.39 is 0 Å². The van der Waals surface area contributed by atoms with Gasteiger partial charge in [0.05, 0.1) is 6.10 Å². The van der Waals surface area contributed by atoms with Gasteiger partial charge in [0.15, 0.2) is 0 Å². The van der Waals surface area contributed by atoms with E-state index in [1.165, 1.54) is 21.4 Å². The lowest BCUT2D eigenvalue weighted by molar-refractivity contribution is -0.132. The van der Waals surface area contributed by atoms with Crippen molar-refractivity contribution in [2.75, 3.05) is 26.2 Å². The van der Waals surface area contributed by atoms with E-state index in [0.29, 0.717) is 26.1 Å². The third-order valence-electron chi connectivity index (χ3n) is 4.37. The van der Waals surface area contributed by atoms with E-state index in [1.807, 2.05) is 16.2 Å². The molecule has 1 atom stereocenters. The molecule has 0 radical (unpaired) electrons. The lowest BCUT2D eigenvalue weighted by Crippen LogP contribution is -2.42. The molecule has 1 unspecified atom stereocenters. The topological polar surface area (TPSA) is 58.6 Å². The van der Waals surface area contributed by atoms with Crippen LogP contribution in [0.3, 0.4) is 0 Å². The minimum absolute atomic E-state index is 0.155. The zero-order valence-corrected chi connectivity index (χ0v) is 16.0. The second-order valence-electron chi connectivity index (χ2n) is 6.43. The highest BCUT2D eigenvalue weighted by atomic mass is 32.1. The minimum atomic E-state index is -0.216. The predicted molar refractivity (Wildman–Crippen MR) is 101 cm³/mol. The van der Waals surface area contributed by atoms with E-state index in [0.717, 1.165) is 25.8 Å². The normalized spacial score (nSPS) is 17.8. The van der Waals surface area contributed by atoms with Crippen molar-refractivity contribution < 1.29 is 14.3 Å².